The number of sulfone groups is 1. The van der Waals surface area contributed by atoms with Gasteiger partial charge in [0, 0.05) is 12.0 Å². The minimum Gasteiger partial charge on any atom is -0.416 e. The molecule has 1 aliphatic heterocycles. The molecule has 1 atom stereocenters. The van der Waals surface area contributed by atoms with Crippen LogP contribution in [-0.4, -0.2) is 47.3 Å². The number of thioether (sulfide) groups is 1. The van der Waals surface area contributed by atoms with Crippen molar-refractivity contribution >= 4 is 27.5 Å². The monoisotopic (exact) mass is 425 g/mol. The lowest BCUT2D eigenvalue weighted by Crippen LogP contribution is -2.60. The van der Waals surface area contributed by atoms with Crippen LogP contribution in [0.4, 0.5) is 0 Å². The van der Waals surface area contributed by atoms with Crippen LogP contribution in [0.2, 0.25) is 0 Å². The van der Waals surface area contributed by atoms with E-state index in [-0.39, 0.29) is 34.6 Å². The number of rotatable bonds is 6. The molecule has 6 rings (SSSR count). The molecular weight excluding hydrogens is 398 g/mol. The largest absolute Gasteiger partial charge is 0.416 e. The van der Waals surface area contributed by atoms with Crippen molar-refractivity contribution in [3.05, 3.63) is 5.89 Å². The van der Waals surface area contributed by atoms with Gasteiger partial charge in [0.05, 0.1) is 17.3 Å². The molecule has 1 N–H and O–H groups in total. The van der Waals surface area contributed by atoms with Gasteiger partial charge in [-0.15, -0.1) is 10.2 Å². The first-order chi connectivity index (χ1) is 13.4. The highest BCUT2D eigenvalue weighted by Crippen LogP contribution is 2.55. The summed E-state index contributed by atoms with van der Waals surface area (Å²) >= 11 is 1.27. The molecule has 0 unspecified atom stereocenters. The first-order valence-electron chi connectivity index (χ1n) is 10.3. The predicted octanol–water partition coefficient (Wildman–Crippen LogP) is 2.22. The highest BCUT2D eigenvalue weighted by atomic mass is 32.2. The third-order valence-electron chi connectivity index (χ3n) is 7.01. The molecule has 154 valence electrons. The number of aromatic nitrogens is 2. The SMILES string of the molecule is O=C(CSc1nnc(C[C@@H]2CCS(=O)(=O)C2)o1)NC12CC3CC(CC(C3)C1)C2. The van der Waals surface area contributed by atoms with E-state index in [0.717, 1.165) is 37.0 Å². The summed E-state index contributed by atoms with van der Waals surface area (Å²) in [5, 5.41) is 11.8. The first kappa shape index (κ1) is 18.9. The van der Waals surface area contributed by atoms with Gasteiger partial charge in [-0.1, -0.05) is 11.8 Å². The van der Waals surface area contributed by atoms with E-state index >= 15 is 0 Å². The van der Waals surface area contributed by atoms with E-state index in [9.17, 15) is 13.2 Å². The van der Waals surface area contributed by atoms with Crippen molar-refractivity contribution in [3.8, 4) is 0 Å². The zero-order valence-electron chi connectivity index (χ0n) is 15.9. The second kappa shape index (κ2) is 7.00. The number of hydrogen-bond donors (Lipinski definition) is 1. The lowest BCUT2D eigenvalue weighted by atomic mass is 9.53. The van der Waals surface area contributed by atoms with Crippen LogP contribution in [0.5, 0.6) is 0 Å². The molecule has 7 nitrogen and oxygen atoms in total. The molecule has 4 saturated carbocycles. The fourth-order valence-corrected chi connectivity index (χ4v) is 8.82. The van der Waals surface area contributed by atoms with Crippen molar-refractivity contribution in [2.24, 2.45) is 23.7 Å². The highest BCUT2D eigenvalue weighted by molar-refractivity contribution is 7.99. The van der Waals surface area contributed by atoms with E-state index < -0.39 is 9.84 Å². The average molecular weight is 426 g/mol. The molecule has 2 heterocycles. The van der Waals surface area contributed by atoms with Crippen LogP contribution >= 0.6 is 11.8 Å². The molecule has 1 saturated heterocycles. The summed E-state index contributed by atoms with van der Waals surface area (Å²) in [5.74, 6) is 3.71. The number of nitrogens with zero attached hydrogens (tertiary/aromatic N) is 2. The summed E-state index contributed by atoms with van der Waals surface area (Å²) in [7, 11) is -2.90. The van der Waals surface area contributed by atoms with Crippen molar-refractivity contribution in [3.63, 3.8) is 0 Å². The summed E-state index contributed by atoms with van der Waals surface area (Å²) in [5.41, 5.74) is 0.0281. The second-order valence-electron chi connectivity index (χ2n) is 9.47. The Bertz CT molecular complexity index is 831. The maximum Gasteiger partial charge on any atom is 0.277 e. The number of nitrogens with one attached hydrogen (secondary N) is 1. The molecule has 0 radical (unpaired) electrons. The van der Waals surface area contributed by atoms with Gasteiger partial charge >= 0.3 is 0 Å². The van der Waals surface area contributed by atoms with Gasteiger partial charge in [0.2, 0.25) is 11.8 Å². The summed E-state index contributed by atoms with van der Waals surface area (Å²) in [4.78, 5) is 12.6. The Hall–Kier alpha value is -1.09. The van der Waals surface area contributed by atoms with Gasteiger partial charge in [-0.05, 0) is 68.6 Å². The molecule has 1 aromatic heterocycles. The Kier molecular flexibility index (Phi) is 4.73. The molecule has 1 aromatic rings. The number of hydrogen-bond acceptors (Lipinski definition) is 7. The van der Waals surface area contributed by atoms with Crippen molar-refractivity contribution in [2.45, 2.75) is 62.1 Å². The van der Waals surface area contributed by atoms with Gasteiger partial charge < -0.3 is 9.73 Å². The number of carbonyl (C=O) groups excluding carboxylic acids is 1. The van der Waals surface area contributed by atoms with Gasteiger partial charge in [-0.3, -0.25) is 4.79 Å². The normalized spacial score (nSPS) is 38.0. The van der Waals surface area contributed by atoms with E-state index in [4.69, 9.17) is 4.42 Å². The molecule has 9 heteroatoms. The fourth-order valence-electron chi connectivity index (χ4n) is 6.38. The van der Waals surface area contributed by atoms with E-state index in [1.165, 1.54) is 31.0 Å². The zero-order valence-corrected chi connectivity index (χ0v) is 17.6. The van der Waals surface area contributed by atoms with Gasteiger partial charge in [0.15, 0.2) is 9.84 Å². The molecule has 0 aromatic carbocycles. The molecular formula is C19H27N3O4S2. The third-order valence-corrected chi connectivity index (χ3v) is 9.66. The van der Waals surface area contributed by atoms with Crippen molar-refractivity contribution in [1.29, 1.82) is 0 Å². The van der Waals surface area contributed by atoms with E-state index in [1.54, 1.807) is 0 Å². The van der Waals surface area contributed by atoms with E-state index in [0.29, 0.717) is 24.0 Å². The van der Waals surface area contributed by atoms with Crippen LogP contribution in [0.1, 0.15) is 50.8 Å². The molecule has 5 fully saturated rings. The number of carbonyl (C=O) groups is 1. The second-order valence-corrected chi connectivity index (χ2v) is 12.6. The summed E-state index contributed by atoms with van der Waals surface area (Å²) < 4.78 is 28.7. The first-order valence-corrected chi connectivity index (χ1v) is 13.1. The Balaban J connectivity index is 1.12. The molecule has 5 aliphatic rings. The van der Waals surface area contributed by atoms with Gasteiger partial charge in [-0.2, -0.15) is 0 Å². The quantitative estimate of drug-likeness (QED) is 0.697. The van der Waals surface area contributed by atoms with Crippen LogP contribution < -0.4 is 5.32 Å². The average Bonchev–Trinajstić information content (AvgIpc) is 3.17. The fraction of sp³-hybridized carbons (Fsp3) is 0.842. The lowest BCUT2D eigenvalue weighted by Gasteiger charge is -2.56. The standard InChI is InChI=1S/C19H27N3O4S2/c23-16(20-19-7-13-3-14(8-19)5-15(4-13)9-19)10-27-18-22-21-17(26-18)6-12-1-2-28(24,25)11-12/h12-15H,1-11H2,(H,20,23)/t12-,13?,14?,15?,19?/m0/s1. The van der Waals surface area contributed by atoms with Crippen molar-refractivity contribution in [2.75, 3.05) is 17.3 Å². The van der Waals surface area contributed by atoms with E-state index in [2.05, 4.69) is 15.5 Å². The molecule has 4 aliphatic carbocycles. The van der Waals surface area contributed by atoms with Gasteiger partial charge in [0.1, 0.15) is 0 Å². The molecule has 0 spiro atoms. The zero-order chi connectivity index (χ0) is 19.4. The van der Waals surface area contributed by atoms with Gasteiger partial charge in [0.25, 0.3) is 5.22 Å². The Labute approximate surface area is 169 Å². The Morgan fingerprint density at radius 1 is 1.14 bits per heavy atom. The third kappa shape index (κ3) is 3.97. The number of amides is 1. The summed E-state index contributed by atoms with van der Waals surface area (Å²) in [6.45, 7) is 0. The maximum atomic E-state index is 12.6. The van der Waals surface area contributed by atoms with Crippen LogP contribution in [0, 0.1) is 23.7 Å². The van der Waals surface area contributed by atoms with Crippen LogP contribution in [0.3, 0.4) is 0 Å². The predicted molar refractivity (Wildman–Crippen MR) is 105 cm³/mol. The summed E-state index contributed by atoms with van der Waals surface area (Å²) in [6, 6.07) is 0. The Morgan fingerprint density at radius 3 is 2.43 bits per heavy atom. The highest BCUT2D eigenvalue weighted by Gasteiger charge is 2.51. The van der Waals surface area contributed by atoms with Crippen LogP contribution in [-0.2, 0) is 21.1 Å². The van der Waals surface area contributed by atoms with Crippen molar-refractivity contribution in [1.82, 2.24) is 15.5 Å². The lowest BCUT2D eigenvalue weighted by molar-refractivity contribution is -0.124. The topological polar surface area (TPSA) is 102 Å². The van der Waals surface area contributed by atoms with Crippen molar-refractivity contribution < 1.29 is 17.6 Å². The molecule has 4 bridgehead atoms. The Morgan fingerprint density at radius 2 is 1.82 bits per heavy atom. The van der Waals surface area contributed by atoms with Crippen LogP contribution in [0.15, 0.2) is 9.64 Å². The minimum absolute atomic E-state index is 0.0281. The maximum absolute atomic E-state index is 12.6. The molecule has 1 amide bonds. The summed E-state index contributed by atoms with van der Waals surface area (Å²) in [6.07, 6.45) is 8.65. The van der Waals surface area contributed by atoms with E-state index in [1.807, 2.05) is 0 Å². The van der Waals surface area contributed by atoms with Crippen LogP contribution in [0.25, 0.3) is 0 Å². The molecule has 28 heavy (non-hydrogen) atoms. The smallest absolute Gasteiger partial charge is 0.277 e. The minimum atomic E-state index is -2.90. The van der Waals surface area contributed by atoms with Gasteiger partial charge in [-0.25, -0.2) is 8.42 Å².